The summed E-state index contributed by atoms with van der Waals surface area (Å²) in [6, 6.07) is 18.6. The molecule has 0 radical (unpaired) electrons. The monoisotopic (exact) mass is 488 g/mol. The van der Waals surface area contributed by atoms with Crippen LogP contribution in [0.2, 0.25) is 0 Å². The van der Waals surface area contributed by atoms with Crippen molar-refractivity contribution in [3.63, 3.8) is 0 Å². The van der Waals surface area contributed by atoms with Crippen molar-refractivity contribution in [3.05, 3.63) is 108 Å². The number of hydrogen-bond donors (Lipinski definition) is 1. The number of nitrogens with one attached hydrogen (secondary N) is 1. The van der Waals surface area contributed by atoms with E-state index in [0.717, 1.165) is 11.1 Å². The van der Waals surface area contributed by atoms with E-state index in [1.807, 2.05) is 36.4 Å². The van der Waals surface area contributed by atoms with Crippen molar-refractivity contribution in [2.24, 2.45) is 5.92 Å². The van der Waals surface area contributed by atoms with Gasteiger partial charge in [-0.05, 0) is 29.3 Å². The molecule has 3 heterocycles. The zero-order chi connectivity index (χ0) is 24.4. The van der Waals surface area contributed by atoms with Gasteiger partial charge in [0.15, 0.2) is 0 Å². The van der Waals surface area contributed by atoms with Crippen LogP contribution in [0.5, 0.6) is 0 Å². The highest BCUT2D eigenvalue weighted by Crippen LogP contribution is 2.39. The zero-order valence-electron chi connectivity index (χ0n) is 18.5. The zero-order valence-corrected chi connectivity index (χ0v) is 19.3. The van der Waals surface area contributed by atoms with Crippen molar-refractivity contribution in [2.45, 2.75) is 12.2 Å². The van der Waals surface area contributed by atoms with Gasteiger partial charge in [0, 0.05) is 18.0 Å². The fourth-order valence-corrected chi connectivity index (χ4v) is 4.47. The third-order valence-electron chi connectivity index (χ3n) is 5.98. The highest BCUT2D eigenvalue weighted by atomic mass is 32.1. The van der Waals surface area contributed by atoms with Gasteiger partial charge in [-0.3, -0.25) is 20.1 Å². The van der Waals surface area contributed by atoms with Gasteiger partial charge >= 0.3 is 6.09 Å². The molecule has 2 amide bonds. The Morgan fingerprint density at radius 1 is 1.11 bits per heavy atom. The molecule has 176 valence electrons. The molecule has 3 atom stereocenters. The van der Waals surface area contributed by atoms with Crippen molar-refractivity contribution in [3.8, 4) is 0 Å². The van der Waals surface area contributed by atoms with Crippen molar-refractivity contribution < 1.29 is 18.7 Å². The summed E-state index contributed by atoms with van der Waals surface area (Å²) in [5, 5.41) is 1.31. The third kappa shape index (κ3) is 4.50. The van der Waals surface area contributed by atoms with Gasteiger partial charge < -0.3 is 4.74 Å². The molecule has 3 aromatic rings. The molecule has 0 unspecified atom stereocenters. The molecule has 2 fully saturated rings. The average molecular weight is 489 g/mol. The molecule has 2 aromatic carbocycles. The summed E-state index contributed by atoms with van der Waals surface area (Å²) in [6.45, 7) is 0.161. The molecule has 7 nitrogen and oxygen atoms in total. The van der Waals surface area contributed by atoms with Gasteiger partial charge in [-0.2, -0.15) is 0 Å². The van der Waals surface area contributed by atoms with Crippen molar-refractivity contribution >= 4 is 35.3 Å². The number of ether oxygens (including phenoxy) is 1. The largest absolute Gasteiger partial charge is 0.447 e. The van der Waals surface area contributed by atoms with E-state index in [2.05, 4.69) is 10.4 Å². The van der Waals surface area contributed by atoms with Crippen LogP contribution in [-0.2, 0) is 9.53 Å². The van der Waals surface area contributed by atoms with Crippen molar-refractivity contribution in [1.82, 2.24) is 20.3 Å². The van der Waals surface area contributed by atoms with E-state index in [9.17, 15) is 14.0 Å². The van der Waals surface area contributed by atoms with Gasteiger partial charge in [-0.25, -0.2) is 14.2 Å². The number of aromatic nitrogens is 1. The number of benzene rings is 2. The number of halogens is 1. The summed E-state index contributed by atoms with van der Waals surface area (Å²) < 4.78 is 19.1. The molecule has 2 saturated heterocycles. The van der Waals surface area contributed by atoms with Gasteiger partial charge in [0.25, 0.3) is 5.91 Å². The molecular weight excluding hydrogens is 467 g/mol. The normalized spacial score (nSPS) is 21.7. The molecule has 0 saturated carbocycles. The van der Waals surface area contributed by atoms with E-state index in [4.69, 9.17) is 17.0 Å². The Morgan fingerprint density at radius 3 is 2.69 bits per heavy atom. The van der Waals surface area contributed by atoms with E-state index >= 15 is 0 Å². The molecule has 0 aliphatic carbocycles. The summed E-state index contributed by atoms with van der Waals surface area (Å²) in [5.41, 5.74) is 5.04. The highest BCUT2D eigenvalue weighted by molar-refractivity contribution is 7.80. The first-order valence-corrected chi connectivity index (χ1v) is 11.4. The number of amides is 2. The van der Waals surface area contributed by atoms with Gasteiger partial charge in [0.2, 0.25) is 0 Å². The third-order valence-corrected chi connectivity index (χ3v) is 6.31. The van der Waals surface area contributed by atoms with Crippen molar-refractivity contribution in [2.75, 3.05) is 6.61 Å². The second-order valence-electron chi connectivity index (χ2n) is 8.16. The fourth-order valence-electron chi connectivity index (χ4n) is 4.25. The van der Waals surface area contributed by atoms with E-state index in [0.29, 0.717) is 5.56 Å². The lowest BCUT2D eigenvalue weighted by Crippen LogP contribution is -2.72. The molecule has 2 aliphatic heterocycles. The quantitative estimate of drug-likeness (QED) is 0.416. The summed E-state index contributed by atoms with van der Waals surface area (Å²) >= 11 is 5.44. The number of hydrazine groups is 1. The molecule has 2 aliphatic rings. The number of nitrogens with zero attached hydrogens (tertiary/aromatic N) is 3. The summed E-state index contributed by atoms with van der Waals surface area (Å²) in [6.07, 6.45) is 5.66. The van der Waals surface area contributed by atoms with Gasteiger partial charge in [-0.1, -0.05) is 72.9 Å². The minimum absolute atomic E-state index is 0.161. The number of carbonyl (C=O) groups excluding carboxylic acids is 2. The van der Waals surface area contributed by atoms with Crippen LogP contribution in [0.1, 0.15) is 22.7 Å². The number of carbonyl (C=O) groups is 2. The van der Waals surface area contributed by atoms with Crippen LogP contribution in [0.15, 0.2) is 85.2 Å². The first-order chi connectivity index (χ1) is 17.0. The van der Waals surface area contributed by atoms with Crippen LogP contribution in [0.3, 0.4) is 0 Å². The van der Waals surface area contributed by atoms with Gasteiger partial charge in [0.05, 0.1) is 12.0 Å². The second kappa shape index (κ2) is 9.63. The topological polar surface area (TPSA) is 74.8 Å². The fraction of sp³-hybridized carbons (Fsp3) is 0.154. The Labute approximate surface area is 206 Å². The van der Waals surface area contributed by atoms with Crippen molar-refractivity contribution in [1.29, 1.82) is 0 Å². The van der Waals surface area contributed by atoms with E-state index < -0.39 is 24.0 Å². The predicted octanol–water partition coefficient (Wildman–Crippen LogP) is 4.09. The van der Waals surface area contributed by atoms with E-state index in [-0.39, 0.29) is 23.5 Å². The van der Waals surface area contributed by atoms with Crippen LogP contribution in [-0.4, -0.2) is 44.7 Å². The standard InChI is InChI=1S/C26H21FN4O3S/c27-20-10-4-9-19(14-20)23(35)29-31-24(21(25(31)32)12-11-17-6-5-13-28-15-17)30-22(16-34-26(30)33)18-7-2-1-3-8-18/h1-15,21-22,24H,16H2,(H,29,35)/t21-,22-,24-/m1/s1. The van der Waals surface area contributed by atoms with E-state index in [1.54, 1.807) is 41.6 Å². The molecule has 1 N–H and O–H groups in total. The van der Waals surface area contributed by atoms with Crippen LogP contribution in [0, 0.1) is 11.7 Å². The van der Waals surface area contributed by atoms with Crippen LogP contribution in [0.4, 0.5) is 9.18 Å². The lowest BCUT2D eigenvalue weighted by Gasteiger charge is -2.50. The summed E-state index contributed by atoms with van der Waals surface area (Å²) in [5.74, 6) is -1.36. The predicted molar refractivity (Wildman–Crippen MR) is 131 cm³/mol. The van der Waals surface area contributed by atoms with Gasteiger partial charge in [-0.15, -0.1) is 0 Å². The number of cyclic esters (lactones) is 1. The molecule has 0 bridgehead atoms. The number of β-lactam (4-membered cyclic amide) rings is 1. The molecule has 9 heteroatoms. The van der Waals surface area contributed by atoms with Crippen LogP contribution >= 0.6 is 12.2 Å². The SMILES string of the molecule is O=C1[C@H](C=Cc2cccnc2)[C@H](N2C(=O)OC[C@@H]2c2ccccc2)N1NC(=S)c1cccc(F)c1. The molecule has 1 aromatic heterocycles. The van der Waals surface area contributed by atoms with Crippen LogP contribution < -0.4 is 5.43 Å². The Hall–Kier alpha value is -4.11. The number of rotatable bonds is 6. The lowest BCUT2D eigenvalue weighted by molar-refractivity contribution is -0.167. The van der Waals surface area contributed by atoms with Crippen LogP contribution in [0.25, 0.3) is 6.08 Å². The van der Waals surface area contributed by atoms with Gasteiger partial charge in [0.1, 0.15) is 23.6 Å². The Bertz CT molecular complexity index is 1290. The Morgan fingerprint density at radius 2 is 1.94 bits per heavy atom. The maximum Gasteiger partial charge on any atom is 0.412 e. The lowest BCUT2D eigenvalue weighted by atomic mass is 9.91. The molecular formula is C26H21FN4O3S. The number of pyridine rings is 1. The Kier molecular flexibility index (Phi) is 6.24. The number of thiocarbonyl (C=S) groups is 1. The minimum Gasteiger partial charge on any atom is -0.447 e. The maximum atomic E-state index is 13.7. The maximum absolute atomic E-state index is 13.7. The first-order valence-electron chi connectivity index (χ1n) is 11.0. The summed E-state index contributed by atoms with van der Waals surface area (Å²) in [4.78, 5) is 31.9. The highest BCUT2D eigenvalue weighted by Gasteiger charge is 2.55. The molecule has 5 rings (SSSR count). The first kappa shape index (κ1) is 22.7. The Balaban J connectivity index is 1.46. The molecule has 35 heavy (non-hydrogen) atoms. The smallest absolute Gasteiger partial charge is 0.412 e. The van der Waals surface area contributed by atoms with E-state index in [1.165, 1.54) is 23.2 Å². The second-order valence-corrected chi connectivity index (χ2v) is 8.56. The minimum atomic E-state index is -0.706. The average Bonchev–Trinajstić information content (AvgIpc) is 3.26. The molecule has 0 spiro atoms. The summed E-state index contributed by atoms with van der Waals surface area (Å²) in [7, 11) is 0. The number of hydrogen-bond acceptors (Lipinski definition) is 5.